The molecule has 2 atom stereocenters. The number of ether oxygens (including phenoxy) is 2. The van der Waals surface area contributed by atoms with Crippen molar-refractivity contribution in [3.05, 3.63) is 0 Å². The first-order chi connectivity index (χ1) is 8.40. The molecule has 0 aromatic rings. The fourth-order valence-corrected chi connectivity index (χ4v) is 2.77. The van der Waals surface area contributed by atoms with Crippen LogP contribution in [0.4, 0.5) is 0 Å². The van der Waals surface area contributed by atoms with Gasteiger partial charge in [-0.2, -0.15) is 0 Å². The third-order valence-corrected chi connectivity index (χ3v) is 3.79. The number of unbranched alkanes of at least 4 members (excludes halogenated alkanes) is 1. The highest BCUT2D eigenvalue weighted by molar-refractivity contribution is 4.85. The quantitative estimate of drug-likeness (QED) is 0.672. The molecule has 0 bridgehead atoms. The maximum atomic E-state index is 5.89. The van der Waals surface area contributed by atoms with Crippen LogP contribution in [0.1, 0.15) is 25.7 Å². The van der Waals surface area contributed by atoms with E-state index in [1.54, 1.807) is 7.11 Å². The van der Waals surface area contributed by atoms with Gasteiger partial charge in [0.2, 0.25) is 0 Å². The fourth-order valence-electron chi connectivity index (χ4n) is 2.77. The normalized spacial score (nSPS) is 29.5. The molecule has 0 aliphatic carbocycles. The summed E-state index contributed by atoms with van der Waals surface area (Å²) >= 11 is 0. The number of nitrogens with zero attached hydrogens (tertiary/aromatic N) is 1. The van der Waals surface area contributed by atoms with Gasteiger partial charge in [-0.15, -0.1) is 0 Å². The zero-order chi connectivity index (χ0) is 11.9. The maximum Gasteiger partial charge on any atom is 0.0826 e. The lowest BCUT2D eigenvalue weighted by atomic mass is 10.2. The standard InChI is InChI=1S/C13H26N2O2/c1-16-8-3-2-6-14-9-13-10-15-7-4-5-12(15)11-17-13/h12-14H,2-11H2,1H3. The van der Waals surface area contributed by atoms with E-state index in [2.05, 4.69) is 10.2 Å². The Balaban J connectivity index is 1.51. The first-order valence-corrected chi connectivity index (χ1v) is 6.95. The number of rotatable bonds is 7. The number of methoxy groups -OCH3 is 1. The van der Waals surface area contributed by atoms with Gasteiger partial charge in [0.1, 0.15) is 0 Å². The summed E-state index contributed by atoms with van der Waals surface area (Å²) in [5.74, 6) is 0. The van der Waals surface area contributed by atoms with Gasteiger partial charge in [-0.1, -0.05) is 0 Å². The summed E-state index contributed by atoms with van der Waals surface area (Å²) in [5.41, 5.74) is 0. The lowest BCUT2D eigenvalue weighted by molar-refractivity contribution is -0.0468. The van der Waals surface area contributed by atoms with E-state index in [1.165, 1.54) is 25.8 Å². The van der Waals surface area contributed by atoms with Crippen LogP contribution in [0.5, 0.6) is 0 Å². The zero-order valence-corrected chi connectivity index (χ0v) is 11.0. The average Bonchev–Trinajstić information content (AvgIpc) is 2.81. The van der Waals surface area contributed by atoms with E-state index in [0.29, 0.717) is 12.1 Å². The van der Waals surface area contributed by atoms with E-state index < -0.39 is 0 Å². The Bertz CT molecular complexity index is 214. The molecule has 100 valence electrons. The summed E-state index contributed by atoms with van der Waals surface area (Å²) in [6, 6.07) is 0.716. The van der Waals surface area contributed by atoms with Gasteiger partial charge in [-0.25, -0.2) is 0 Å². The Morgan fingerprint density at radius 3 is 3.24 bits per heavy atom. The molecule has 2 aliphatic rings. The fraction of sp³-hybridized carbons (Fsp3) is 1.00. The Morgan fingerprint density at radius 2 is 2.35 bits per heavy atom. The van der Waals surface area contributed by atoms with Crippen molar-refractivity contribution < 1.29 is 9.47 Å². The number of hydrogen-bond acceptors (Lipinski definition) is 4. The first-order valence-electron chi connectivity index (χ1n) is 6.95. The van der Waals surface area contributed by atoms with Gasteiger partial charge in [-0.05, 0) is 38.8 Å². The van der Waals surface area contributed by atoms with Crippen molar-refractivity contribution in [3.8, 4) is 0 Å². The lowest BCUT2D eigenvalue weighted by Gasteiger charge is -2.35. The van der Waals surface area contributed by atoms with Crippen LogP contribution < -0.4 is 5.32 Å². The molecule has 2 heterocycles. The Kier molecular flexibility index (Phi) is 5.71. The molecule has 2 saturated heterocycles. The van der Waals surface area contributed by atoms with E-state index >= 15 is 0 Å². The van der Waals surface area contributed by atoms with Crippen LogP contribution in [-0.4, -0.2) is 63.5 Å². The van der Waals surface area contributed by atoms with Gasteiger partial charge in [0, 0.05) is 32.8 Å². The van der Waals surface area contributed by atoms with Crippen LogP contribution in [0.15, 0.2) is 0 Å². The van der Waals surface area contributed by atoms with Gasteiger partial charge < -0.3 is 14.8 Å². The topological polar surface area (TPSA) is 33.7 Å². The second kappa shape index (κ2) is 7.31. The van der Waals surface area contributed by atoms with Crippen molar-refractivity contribution >= 4 is 0 Å². The van der Waals surface area contributed by atoms with Gasteiger partial charge >= 0.3 is 0 Å². The Morgan fingerprint density at radius 1 is 1.41 bits per heavy atom. The number of hydrogen-bond donors (Lipinski definition) is 1. The summed E-state index contributed by atoms with van der Waals surface area (Å²) < 4.78 is 10.9. The second-order valence-electron chi connectivity index (χ2n) is 5.15. The van der Waals surface area contributed by atoms with Crippen molar-refractivity contribution in [3.63, 3.8) is 0 Å². The van der Waals surface area contributed by atoms with Gasteiger partial charge in [-0.3, -0.25) is 4.90 Å². The molecule has 0 spiro atoms. The maximum absolute atomic E-state index is 5.89. The SMILES string of the molecule is COCCCCNCC1CN2CCCC2CO1. The predicted octanol–water partition coefficient (Wildman–Crippen LogP) is 0.866. The summed E-state index contributed by atoms with van der Waals surface area (Å²) in [5, 5.41) is 3.49. The minimum Gasteiger partial charge on any atom is -0.385 e. The van der Waals surface area contributed by atoms with Crippen LogP contribution in [-0.2, 0) is 9.47 Å². The molecule has 4 heteroatoms. The zero-order valence-electron chi connectivity index (χ0n) is 11.0. The molecule has 0 radical (unpaired) electrons. The van der Waals surface area contributed by atoms with E-state index in [0.717, 1.165) is 39.3 Å². The Hall–Kier alpha value is -0.160. The molecule has 0 saturated carbocycles. The molecular weight excluding hydrogens is 216 g/mol. The van der Waals surface area contributed by atoms with Gasteiger partial charge in [0.15, 0.2) is 0 Å². The summed E-state index contributed by atoms with van der Waals surface area (Å²) in [6.45, 7) is 6.28. The van der Waals surface area contributed by atoms with E-state index in [1.807, 2.05) is 0 Å². The van der Waals surface area contributed by atoms with Crippen LogP contribution >= 0.6 is 0 Å². The molecule has 2 unspecified atom stereocenters. The molecular formula is C13H26N2O2. The molecule has 0 aromatic carbocycles. The lowest BCUT2D eigenvalue weighted by Crippen LogP contribution is -2.49. The second-order valence-corrected chi connectivity index (χ2v) is 5.15. The molecule has 2 fully saturated rings. The highest BCUT2D eigenvalue weighted by atomic mass is 16.5. The van der Waals surface area contributed by atoms with Crippen molar-refractivity contribution in [1.29, 1.82) is 0 Å². The highest BCUT2D eigenvalue weighted by Gasteiger charge is 2.31. The van der Waals surface area contributed by atoms with E-state index in [9.17, 15) is 0 Å². The van der Waals surface area contributed by atoms with Gasteiger partial charge in [0.05, 0.1) is 12.7 Å². The van der Waals surface area contributed by atoms with Crippen LogP contribution in [0.3, 0.4) is 0 Å². The molecule has 4 nitrogen and oxygen atoms in total. The molecule has 0 aromatic heterocycles. The van der Waals surface area contributed by atoms with Gasteiger partial charge in [0.25, 0.3) is 0 Å². The first kappa shape index (κ1) is 13.3. The molecule has 1 N–H and O–H groups in total. The van der Waals surface area contributed by atoms with Crippen molar-refractivity contribution in [1.82, 2.24) is 10.2 Å². The molecule has 17 heavy (non-hydrogen) atoms. The number of fused-ring (bicyclic) bond motifs is 1. The molecule has 2 rings (SSSR count). The minimum atomic E-state index is 0.395. The number of morpholine rings is 1. The van der Waals surface area contributed by atoms with Crippen molar-refractivity contribution in [2.45, 2.75) is 37.8 Å². The monoisotopic (exact) mass is 242 g/mol. The summed E-state index contributed by atoms with van der Waals surface area (Å²) in [6.07, 6.45) is 5.41. The van der Waals surface area contributed by atoms with Crippen LogP contribution in [0.25, 0.3) is 0 Å². The molecule has 2 aliphatic heterocycles. The van der Waals surface area contributed by atoms with Crippen LogP contribution in [0, 0.1) is 0 Å². The summed E-state index contributed by atoms with van der Waals surface area (Å²) in [4.78, 5) is 2.60. The predicted molar refractivity (Wildman–Crippen MR) is 68.3 cm³/mol. The van der Waals surface area contributed by atoms with Crippen molar-refractivity contribution in [2.75, 3.05) is 46.5 Å². The van der Waals surface area contributed by atoms with E-state index in [4.69, 9.17) is 9.47 Å². The Labute approximate surface area is 105 Å². The smallest absolute Gasteiger partial charge is 0.0826 e. The third-order valence-electron chi connectivity index (χ3n) is 3.79. The highest BCUT2D eigenvalue weighted by Crippen LogP contribution is 2.22. The average molecular weight is 242 g/mol. The minimum absolute atomic E-state index is 0.395. The largest absolute Gasteiger partial charge is 0.385 e. The summed E-state index contributed by atoms with van der Waals surface area (Å²) in [7, 11) is 1.76. The third kappa shape index (κ3) is 4.21. The van der Waals surface area contributed by atoms with Crippen molar-refractivity contribution in [2.24, 2.45) is 0 Å². The van der Waals surface area contributed by atoms with E-state index in [-0.39, 0.29) is 0 Å². The van der Waals surface area contributed by atoms with Crippen LogP contribution in [0.2, 0.25) is 0 Å². The molecule has 0 amide bonds. The number of nitrogens with one attached hydrogen (secondary N) is 1.